The molecule has 0 radical (unpaired) electrons. The van der Waals surface area contributed by atoms with Crippen LogP contribution < -0.4 is 5.32 Å². The predicted molar refractivity (Wildman–Crippen MR) is 45.7 cm³/mol. The van der Waals surface area contributed by atoms with Crippen LogP contribution in [0.1, 0.15) is 6.92 Å². The first-order valence-electron chi connectivity index (χ1n) is 3.87. The van der Waals surface area contributed by atoms with E-state index in [1.54, 1.807) is 6.20 Å². The highest BCUT2D eigenvalue weighted by atomic mass is 16.5. The van der Waals surface area contributed by atoms with Gasteiger partial charge in [0.15, 0.2) is 0 Å². The number of esters is 1. The summed E-state index contributed by atoms with van der Waals surface area (Å²) >= 11 is 0. The van der Waals surface area contributed by atoms with Crippen LogP contribution in [0.2, 0.25) is 0 Å². The van der Waals surface area contributed by atoms with Gasteiger partial charge in [-0.15, -0.1) is 0 Å². The SMILES string of the molecule is CCOCCN/C=C/C(=O)OC. The second-order valence-corrected chi connectivity index (χ2v) is 2.01. The molecule has 0 amide bonds. The Kier molecular flexibility index (Phi) is 7.38. The molecular weight excluding hydrogens is 158 g/mol. The number of hydrogen-bond donors (Lipinski definition) is 1. The molecule has 0 aliphatic heterocycles. The van der Waals surface area contributed by atoms with Crippen LogP contribution in [0, 0.1) is 0 Å². The minimum absolute atomic E-state index is 0.362. The van der Waals surface area contributed by atoms with Crippen molar-refractivity contribution >= 4 is 5.97 Å². The van der Waals surface area contributed by atoms with Crippen LogP contribution in [0.15, 0.2) is 12.3 Å². The summed E-state index contributed by atoms with van der Waals surface area (Å²) < 4.78 is 9.44. The first-order chi connectivity index (χ1) is 5.81. The number of carbonyl (C=O) groups excluding carboxylic acids is 1. The van der Waals surface area contributed by atoms with Crippen LogP contribution in [0.25, 0.3) is 0 Å². The standard InChI is InChI=1S/C8H15NO3/c1-3-12-7-6-9-5-4-8(10)11-2/h4-5,9H,3,6-7H2,1-2H3/b5-4+. The van der Waals surface area contributed by atoms with E-state index in [4.69, 9.17) is 4.74 Å². The van der Waals surface area contributed by atoms with Gasteiger partial charge in [0.2, 0.25) is 0 Å². The Morgan fingerprint density at radius 3 is 2.92 bits per heavy atom. The molecule has 0 aliphatic carbocycles. The molecule has 0 saturated carbocycles. The zero-order valence-corrected chi connectivity index (χ0v) is 7.50. The molecule has 0 aromatic carbocycles. The van der Waals surface area contributed by atoms with E-state index >= 15 is 0 Å². The van der Waals surface area contributed by atoms with Crippen LogP contribution in [-0.2, 0) is 14.3 Å². The summed E-state index contributed by atoms with van der Waals surface area (Å²) in [7, 11) is 1.34. The summed E-state index contributed by atoms with van der Waals surface area (Å²) in [4.78, 5) is 10.5. The predicted octanol–water partition coefficient (Wildman–Crippen LogP) is 0.299. The van der Waals surface area contributed by atoms with Gasteiger partial charge in [0.05, 0.1) is 13.7 Å². The molecule has 1 N–H and O–H groups in total. The number of nitrogens with one attached hydrogen (secondary N) is 1. The summed E-state index contributed by atoms with van der Waals surface area (Å²) in [6, 6.07) is 0. The normalized spacial score (nSPS) is 10.2. The molecule has 0 aromatic heterocycles. The van der Waals surface area contributed by atoms with Gasteiger partial charge in [-0.3, -0.25) is 0 Å². The zero-order chi connectivity index (χ0) is 9.23. The summed E-state index contributed by atoms with van der Waals surface area (Å²) in [6.45, 7) is 3.98. The molecule has 70 valence electrons. The summed E-state index contributed by atoms with van der Waals surface area (Å²) in [5, 5.41) is 2.88. The third kappa shape index (κ3) is 7.08. The van der Waals surface area contributed by atoms with Crippen molar-refractivity contribution in [3.05, 3.63) is 12.3 Å². The smallest absolute Gasteiger partial charge is 0.331 e. The fourth-order valence-electron chi connectivity index (χ4n) is 0.554. The molecule has 0 heterocycles. The maximum atomic E-state index is 10.5. The molecule has 0 fully saturated rings. The molecule has 0 spiro atoms. The van der Waals surface area contributed by atoms with Crippen molar-refractivity contribution in [2.75, 3.05) is 26.9 Å². The highest BCUT2D eigenvalue weighted by molar-refractivity contribution is 5.81. The topological polar surface area (TPSA) is 47.6 Å². The Morgan fingerprint density at radius 2 is 2.33 bits per heavy atom. The Bertz CT molecular complexity index is 145. The van der Waals surface area contributed by atoms with Crippen molar-refractivity contribution in [3.63, 3.8) is 0 Å². The molecule has 0 unspecified atom stereocenters. The molecule has 4 nitrogen and oxygen atoms in total. The summed E-state index contributed by atoms with van der Waals surface area (Å²) in [5.74, 6) is -0.362. The Balaban J connectivity index is 3.18. The molecule has 0 bridgehead atoms. The molecule has 4 heteroatoms. The maximum Gasteiger partial charge on any atom is 0.331 e. The van der Waals surface area contributed by atoms with Crippen LogP contribution in [-0.4, -0.2) is 32.8 Å². The molecular formula is C8H15NO3. The van der Waals surface area contributed by atoms with Crippen molar-refractivity contribution in [3.8, 4) is 0 Å². The van der Waals surface area contributed by atoms with Crippen molar-refractivity contribution < 1.29 is 14.3 Å². The number of rotatable bonds is 6. The van der Waals surface area contributed by atoms with Gasteiger partial charge in [0, 0.05) is 25.4 Å². The quantitative estimate of drug-likeness (QED) is 0.356. The molecule has 0 aliphatic rings. The lowest BCUT2D eigenvalue weighted by Crippen LogP contribution is -2.14. The van der Waals surface area contributed by atoms with E-state index in [1.165, 1.54) is 13.2 Å². The van der Waals surface area contributed by atoms with E-state index in [0.29, 0.717) is 19.8 Å². The number of methoxy groups -OCH3 is 1. The van der Waals surface area contributed by atoms with Crippen LogP contribution in [0.4, 0.5) is 0 Å². The minimum Gasteiger partial charge on any atom is -0.466 e. The first kappa shape index (κ1) is 11.0. The van der Waals surface area contributed by atoms with E-state index in [0.717, 1.165) is 0 Å². The first-order valence-corrected chi connectivity index (χ1v) is 3.87. The molecule has 12 heavy (non-hydrogen) atoms. The third-order valence-electron chi connectivity index (χ3n) is 1.13. The van der Waals surface area contributed by atoms with E-state index in [-0.39, 0.29) is 5.97 Å². The highest BCUT2D eigenvalue weighted by Gasteiger charge is 1.88. The second-order valence-electron chi connectivity index (χ2n) is 2.01. The minimum atomic E-state index is -0.362. The van der Waals surface area contributed by atoms with Gasteiger partial charge < -0.3 is 14.8 Å². The van der Waals surface area contributed by atoms with Crippen molar-refractivity contribution in [1.29, 1.82) is 0 Å². The Morgan fingerprint density at radius 1 is 1.58 bits per heavy atom. The lowest BCUT2D eigenvalue weighted by molar-refractivity contribution is -0.134. The van der Waals surface area contributed by atoms with E-state index in [1.807, 2.05) is 6.92 Å². The molecule has 0 aromatic rings. The van der Waals surface area contributed by atoms with E-state index in [9.17, 15) is 4.79 Å². The largest absolute Gasteiger partial charge is 0.466 e. The third-order valence-corrected chi connectivity index (χ3v) is 1.13. The van der Waals surface area contributed by atoms with Crippen LogP contribution in [0.3, 0.4) is 0 Å². The number of hydrogen-bond acceptors (Lipinski definition) is 4. The van der Waals surface area contributed by atoms with Gasteiger partial charge in [-0.1, -0.05) is 0 Å². The van der Waals surface area contributed by atoms with Gasteiger partial charge in [0.25, 0.3) is 0 Å². The number of ether oxygens (including phenoxy) is 2. The van der Waals surface area contributed by atoms with Crippen molar-refractivity contribution in [1.82, 2.24) is 5.32 Å². The summed E-state index contributed by atoms with van der Waals surface area (Å²) in [6.07, 6.45) is 2.87. The summed E-state index contributed by atoms with van der Waals surface area (Å²) in [5.41, 5.74) is 0. The van der Waals surface area contributed by atoms with Crippen LogP contribution >= 0.6 is 0 Å². The molecule has 0 saturated heterocycles. The van der Waals surface area contributed by atoms with Gasteiger partial charge >= 0.3 is 5.97 Å². The highest BCUT2D eigenvalue weighted by Crippen LogP contribution is 1.75. The van der Waals surface area contributed by atoms with Gasteiger partial charge in [0.1, 0.15) is 0 Å². The Hall–Kier alpha value is -1.03. The van der Waals surface area contributed by atoms with E-state index < -0.39 is 0 Å². The van der Waals surface area contributed by atoms with Crippen LogP contribution in [0.5, 0.6) is 0 Å². The fourth-order valence-corrected chi connectivity index (χ4v) is 0.554. The average Bonchev–Trinajstić information content (AvgIpc) is 2.10. The number of carbonyl (C=O) groups is 1. The zero-order valence-electron chi connectivity index (χ0n) is 7.50. The van der Waals surface area contributed by atoms with Gasteiger partial charge in [-0.2, -0.15) is 0 Å². The second kappa shape index (κ2) is 8.07. The van der Waals surface area contributed by atoms with Crippen molar-refractivity contribution in [2.45, 2.75) is 6.92 Å². The monoisotopic (exact) mass is 173 g/mol. The fraction of sp³-hybridized carbons (Fsp3) is 0.625. The maximum absolute atomic E-state index is 10.5. The Labute approximate surface area is 72.5 Å². The van der Waals surface area contributed by atoms with Gasteiger partial charge in [-0.05, 0) is 6.92 Å². The average molecular weight is 173 g/mol. The van der Waals surface area contributed by atoms with Gasteiger partial charge in [-0.25, -0.2) is 4.79 Å². The molecule has 0 rings (SSSR count). The lowest BCUT2D eigenvalue weighted by atomic mass is 10.6. The van der Waals surface area contributed by atoms with Crippen molar-refractivity contribution in [2.24, 2.45) is 0 Å². The lowest BCUT2D eigenvalue weighted by Gasteiger charge is -1.99. The van der Waals surface area contributed by atoms with E-state index in [2.05, 4.69) is 10.1 Å². The molecule has 0 atom stereocenters.